The van der Waals surface area contributed by atoms with Gasteiger partial charge in [-0.05, 0) is 0 Å². The molecule has 1 rings (SSSR count). The standard InChI is InChI=1S/C8H9N3O5.BH3O3/c9-5(1-4-2-10-3-11-4)7(14)16-8(15)6(12)13;2-1(3)4/h2-3,5H,1,9H2,(H,10,11)(H,12,13);2-4H/t5-;/m0./s1. The fraction of sp³-hybridized carbons (Fsp3) is 0.250. The molecule has 0 aliphatic carbocycles. The zero-order valence-corrected chi connectivity index (χ0v) is 9.96. The molecule has 1 atom stereocenters. The van der Waals surface area contributed by atoms with Gasteiger partial charge in [-0.2, -0.15) is 0 Å². The SMILES string of the molecule is N[C@@H](Cc1cnc[nH]1)C(=O)OC(=O)C(=O)O.OB(O)O. The van der Waals surface area contributed by atoms with Crippen LogP contribution in [0, 0.1) is 0 Å². The van der Waals surface area contributed by atoms with E-state index in [2.05, 4.69) is 14.7 Å². The number of aliphatic carboxylic acids is 1. The van der Waals surface area contributed by atoms with Crippen LogP contribution in [-0.2, 0) is 25.5 Å². The Kier molecular flexibility index (Phi) is 7.77. The molecule has 0 amide bonds. The summed E-state index contributed by atoms with van der Waals surface area (Å²) in [5.74, 6) is -4.59. The number of rotatable bonds is 3. The number of hydrogen-bond acceptors (Lipinski definition) is 9. The molecule has 7 N–H and O–H groups in total. The molecule has 0 radical (unpaired) electrons. The van der Waals surface area contributed by atoms with Crippen LogP contribution in [0.2, 0.25) is 0 Å². The molecule has 20 heavy (non-hydrogen) atoms. The smallest absolute Gasteiger partial charge is 0.473 e. The van der Waals surface area contributed by atoms with Gasteiger partial charge in [0.2, 0.25) is 0 Å². The summed E-state index contributed by atoms with van der Waals surface area (Å²) in [6, 6.07) is -1.12. The summed E-state index contributed by atoms with van der Waals surface area (Å²) in [5.41, 5.74) is 5.97. The molecule has 0 saturated heterocycles. The van der Waals surface area contributed by atoms with Crippen molar-refractivity contribution in [2.24, 2.45) is 5.73 Å². The second kappa shape index (κ2) is 8.76. The highest BCUT2D eigenvalue weighted by molar-refractivity contribution is 6.31. The van der Waals surface area contributed by atoms with Crippen molar-refractivity contribution in [2.45, 2.75) is 12.5 Å². The maximum Gasteiger partial charge on any atom is 0.631 e. The molecule has 110 valence electrons. The molecule has 0 aliphatic heterocycles. The minimum Gasteiger partial charge on any atom is -0.473 e. The molecule has 1 aromatic rings. The van der Waals surface area contributed by atoms with Gasteiger partial charge in [0, 0.05) is 18.3 Å². The summed E-state index contributed by atoms with van der Waals surface area (Å²) in [7, 11) is -2.17. The van der Waals surface area contributed by atoms with Crippen LogP contribution in [0.15, 0.2) is 12.5 Å². The number of nitrogens with one attached hydrogen (secondary N) is 1. The molecule has 11 nitrogen and oxygen atoms in total. The van der Waals surface area contributed by atoms with Crippen molar-refractivity contribution in [3.63, 3.8) is 0 Å². The third-order valence-electron chi connectivity index (χ3n) is 1.67. The van der Waals surface area contributed by atoms with Crippen LogP contribution in [0.3, 0.4) is 0 Å². The van der Waals surface area contributed by atoms with Crippen molar-refractivity contribution < 1.29 is 39.3 Å². The number of aromatic amines is 1. The number of imidazole rings is 1. The Balaban J connectivity index is 0.000000796. The molecule has 12 heteroatoms. The molecule has 0 aromatic carbocycles. The Bertz CT molecular complexity index is 446. The molecular formula is C8H12BN3O8. The number of hydrogen-bond donors (Lipinski definition) is 6. The van der Waals surface area contributed by atoms with Crippen molar-refractivity contribution in [3.05, 3.63) is 18.2 Å². The van der Waals surface area contributed by atoms with E-state index in [4.69, 9.17) is 25.9 Å². The predicted octanol–water partition coefficient (Wildman–Crippen LogP) is -3.62. The lowest BCUT2D eigenvalue weighted by Gasteiger charge is -2.07. The highest BCUT2D eigenvalue weighted by Crippen LogP contribution is 1.98. The number of aromatic nitrogens is 2. The third-order valence-corrected chi connectivity index (χ3v) is 1.67. The predicted molar refractivity (Wildman–Crippen MR) is 61.4 cm³/mol. The minimum atomic E-state index is -2.17. The van der Waals surface area contributed by atoms with E-state index in [1.165, 1.54) is 12.5 Å². The first-order valence-electron chi connectivity index (χ1n) is 5.00. The number of carbonyl (C=O) groups excluding carboxylic acids is 2. The largest absolute Gasteiger partial charge is 0.631 e. The lowest BCUT2D eigenvalue weighted by atomic mass is 10.2. The maximum absolute atomic E-state index is 11.1. The molecule has 1 aromatic heterocycles. The molecular weight excluding hydrogens is 277 g/mol. The van der Waals surface area contributed by atoms with Crippen molar-refractivity contribution in [3.8, 4) is 0 Å². The van der Waals surface area contributed by atoms with Gasteiger partial charge in [0.15, 0.2) is 0 Å². The van der Waals surface area contributed by atoms with Gasteiger partial charge in [0.25, 0.3) is 0 Å². The highest BCUT2D eigenvalue weighted by atomic mass is 16.6. The third kappa shape index (κ3) is 7.94. The van der Waals surface area contributed by atoms with Crippen molar-refractivity contribution in [1.82, 2.24) is 9.97 Å². The average Bonchev–Trinajstić information content (AvgIpc) is 2.80. The second-order valence-corrected chi connectivity index (χ2v) is 3.25. The van der Waals surface area contributed by atoms with Crippen LogP contribution in [-0.4, -0.2) is 61.4 Å². The number of carboxylic acids is 1. The summed E-state index contributed by atoms with van der Waals surface area (Å²) in [5, 5.41) is 29.7. The Morgan fingerprint density at radius 1 is 1.40 bits per heavy atom. The second-order valence-electron chi connectivity index (χ2n) is 3.25. The Morgan fingerprint density at radius 3 is 2.35 bits per heavy atom. The van der Waals surface area contributed by atoms with Gasteiger partial charge in [-0.25, -0.2) is 19.4 Å². The lowest BCUT2D eigenvalue weighted by molar-refractivity contribution is -0.171. The van der Waals surface area contributed by atoms with Crippen LogP contribution >= 0.6 is 0 Å². The molecule has 1 heterocycles. The molecule has 0 fully saturated rings. The molecule has 0 spiro atoms. The first kappa shape index (κ1) is 17.7. The fourth-order valence-electron chi connectivity index (χ4n) is 0.927. The summed E-state index contributed by atoms with van der Waals surface area (Å²) in [4.78, 5) is 38.1. The first-order valence-corrected chi connectivity index (χ1v) is 5.00. The van der Waals surface area contributed by atoms with Crippen LogP contribution in [0.5, 0.6) is 0 Å². The van der Waals surface area contributed by atoms with E-state index in [1.807, 2.05) is 0 Å². The van der Waals surface area contributed by atoms with Crippen molar-refractivity contribution in [2.75, 3.05) is 0 Å². The van der Waals surface area contributed by atoms with E-state index in [1.54, 1.807) is 0 Å². The minimum absolute atomic E-state index is 0.0751. The summed E-state index contributed by atoms with van der Waals surface area (Å²) >= 11 is 0. The maximum atomic E-state index is 11.1. The number of H-pyrrole nitrogens is 1. The van der Waals surface area contributed by atoms with Crippen LogP contribution < -0.4 is 5.73 Å². The summed E-state index contributed by atoms with van der Waals surface area (Å²) < 4.78 is 3.99. The summed E-state index contributed by atoms with van der Waals surface area (Å²) in [6.45, 7) is 0. The lowest BCUT2D eigenvalue weighted by Crippen LogP contribution is -2.37. The number of ether oxygens (including phenoxy) is 1. The number of nitrogens with zero attached hydrogens (tertiary/aromatic N) is 1. The van der Waals surface area contributed by atoms with Crippen molar-refractivity contribution in [1.29, 1.82) is 0 Å². The molecule has 0 aliphatic rings. The quantitative estimate of drug-likeness (QED) is 0.140. The Labute approximate surface area is 112 Å². The first-order chi connectivity index (χ1) is 9.23. The fourth-order valence-corrected chi connectivity index (χ4v) is 0.927. The number of carbonyl (C=O) groups is 3. The monoisotopic (exact) mass is 289 g/mol. The van der Waals surface area contributed by atoms with Gasteiger partial charge in [-0.1, -0.05) is 0 Å². The van der Waals surface area contributed by atoms with E-state index < -0.39 is 31.3 Å². The van der Waals surface area contributed by atoms with Gasteiger partial charge in [0.05, 0.1) is 6.33 Å². The zero-order chi connectivity index (χ0) is 15.7. The summed E-state index contributed by atoms with van der Waals surface area (Å²) in [6.07, 6.45) is 2.92. The van der Waals surface area contributed by atoms with E-state index >= 15 is 0 Å². The van der Waals surface area contributed by atoms with Crippen LogP contribution in [0.4, 0.5) is 0 Å². The van der Waals surface area contributed by atoms with Crippen molar-refractivity contribution >= 4 is 25.2 Å². The highest BCUT2D eigenvalue weighted by Gasteiger charge is 2.23. The van der Waals surface area contributed by atoms with Gasteiger partial charge in [0.1, 0.15) is 6.04 Å². The topological polar surface area (TPSA) is 196 Å². The van der Waals surface area contributed by atoms with Gasteiger partial charge >= 0.3 is 25.2 Å². The molecule has 0 bridgehead atoms. The Hall–Kier alpha value is -2.28. The molecule has 0 unspecified atom stereocenters. The zero-order valence-electron chi connectivity index (χ0n) is 9.96. The van der Waals surface area contributed by atoms with E-state index in [0.29, 0.717) is 5.69 Å². The van der Waals surface area contributed by atoms with Gasteiger partial charge in [-0.15, -0.1) is 0 Å². The molecule has 0 saturated carbocycles. The van der Waals surface area contributed by atoms with E-state index in [0.717, 1.165) is 0 Å². The number of esters is 2. The van der Waals surface area contributed by atoms with Crippen LogP contribution in [0.25, 0.3) is 0 Å². The Morgan fingerprint density at radius 2 is 1.95 bits per heavy atom. The number of nitrogens with two attached hydrogens (primary N) is 1. The van der Waals surface area contributed by atoms with E-state index in [-0.39, 0.29) is 6.42 Å². The van der Waals surface area contributed by atoms with Gasteiger partial charge in [-0.3, -0.25) is 0 Å². The average molecular weight is 289 g/mol. The van der Waals surface area contributed by atoms with E-state index in [9.17, 15) is 14.4 Å². The normalized spacial score (nSPS) is 10.8. The van der Waals surface area contributed by atoms with Gasteiger partial charge < -0.3 is 35.6 Å². The van der Waals surface area contributed by atoms with Crippen LogP contribution in [0.1, 0.15) is 5.69 Å². The number of carboxylic acid groups (broad SMARTS) is 1.